The Hall–Kier alpha value is -2.14. The first-order chi connectivity index (χ1) is 12.5. The summed E-state index contributed by atoms with van der Waals surface area (Å²) in [6.07, 6.45) is 0. The monoisotopic (exact) mass is 392 g/mol. The van der Waals surface area contributed by atoms with E-state index in [1.165, 1.54) is 0 Å². The molecule has 0 saturated heterocycles. The highest BCUT2D eigenvalue weighted by atomic mass is 32.2. The van der Waals surface area contributed by atoms with Crippen molar-refractivity contribution in [3.8, 4) is 11.4 Å². The maximum Gasteiger partial charge on any atom is 0.214 e. The molecule has 26 heavy (non-hydrogen) atoms. The van der Waals surface area contributed by atoms with Crippen molar-refractivity contribution < 1.29 is 4.74 Å². The summed E-state index contributed by atoms with van der Waals surface area (Å²) < 4.78 is 8.73. The van der Waals surface area contributed by atoms with Gasteiger partial charge in [-0.2, -0.15) is 4.68 Å². The predicted molar refractivity (Wildman–Crippen MR) is 100.0 cm³/mol. The molecule has 0 bridgehead atoms. The fraction of sp³-hybridized carbons (Fsp3) is 0.467. The van der Waals surface area contributed by atoms with Crippen LogP contribution in [0.4, 0.5) is 0 Å². The van der Waals surface area contributed by atoms with Crippen LogP contribution in [-0.2, 0) is 5.54 Å². The summed E-state index contributed by atoms with van der Waals surface area (Å²) in [6, 6.07) is 7.61. The van der Waals surface area contributed by atoms with Gasteiger partial charge in [0.1, 0.15) is 5.75 Å². The van der Waals surface area contributed by atoms with Gasteiger partial charge < -0.3 is 4.74 Å². The smallest absolute Gasteiger partial charge is 0.214 e. The first-order valence-electron chi connectivity index (χ1n) is 7.96. The molecular formula is C15H20N8OS2. The zero-order valence-electron chi connectivity index (χ0n) is 15.0. The normalized spacial score (nSPS) is 11.7. The molecule has 0 unspecified atom stereocenters. The van der Waals surface area contributed by atoms with Crippen LogP contribution < -0.4 is 4.74 Å². The van der Waals surface area contributed by atoms with Crippen LogP contribution in [0.3, 0.4) is 0 Å². The van der Waals surface area contributed by atoms with E-state index in [1.807, 2.05) is 28.9 Å². The molecule has 0 aliphatic carbocycles. The summed E-state index contributed by atoms with van der Waals surface area (Å²) in [5.74, 6) is 2.47. The number of ether oxygens (including phenoxy) is 1. The summed E-state index contributed by atoms with van der Waals surface area (Å²) in [7, 11) is 1.64. The van der Waals surface area contributed by atoms with E-state index >= 15 is 0 Å². The van der Waals surface area contributed by atoms with Gasteiger partial charge in [-0.05, 0) is 65.9 Å². The van der Waals surface area contributed by atoms with Crippen molar-refractivity contribution in [2.24, 2.45) is 0 Å². The van der Waals surface area contributed by atoms with Gasteiger partial charge in [-0.1, -0.05) is 23.5 Å². The molecule has 0 spiro atoms. The van der Waals surface area contributed by atoms with Crippen molar-refractivity contribution in [2.45, 2.75) is 36.6 Å². The van der Waals surface area contributed by atoms with Gasteiger partial charge in [0.2, 0.25) is 10.3 Å². The van der Waals surface area contributed by atoms with Gasteiger partial charge in [0.05, 0.1) is 18.3 Å². The van der Waals surface area contributed by atoms with Crippen molar-refractivity contribution in [2.75, 3.05) is 18.6 Å². The van der Waals surface area contributed by atoms with Crippen LogP contribution in [0.25, 0.3) is 5.69 Å². The number of hydrogen-bond acceptors (Lipinski definition) is 9. The minimum Gasteiger partial charge on any atom is -0.497 e. The fourth-order valence-electron chi connectivity index (χ4n) is 2.11. The van der Waals surface area contributed by atoms with E-state index in [-0.39, 0.29) is 5.54 Å². The molecule has 0 aliphatic rings. The molecule has 11 heteroatoms. The number of aromatic nitrogens is 8. The lowest BCUT2D eigenvalue weighted by atomic mass is 10.1. The number of thioether (sulfide) groups is 2. The van der Waals surface area contributed by atoms with Crippen LogP contribution >= 0.6 is 23.5 Å². The Morgan fingerprint density at radius 1 is 0.923 bits per heavy atom. The fourth-order valence-corrected chi connectivity index (χ4v) is 4.03. The Balaban J connectivity index is 1.58. The van der Waals surface area contributed by atoms with Gasteiger partial charge in [-0.15, -0.1) is 10.2 Å². The number of hydrogen-bond donors (Lipinski definition) is 0. The molecule has 1 aromatic carbocycles. The molecule has 3 rings (SSSR count). The molecule has 0 fully saturated rings. The van der Waals surface area contributed by atoms with Crippen molar-refractivity contribution in [3.63, 3.8) is 0 Å². The topological polar surface area (TPSA) is 96.4 Å². The third-order valence-electron chi connectivity index (χ3n) is 3.38. The van der Waals surface area contributed by atoms with Crippen LogP contribution in [0.5, 0.6) is 5.75 Å². The zero-order valence-corrected chi connectivity index (χ0v) is 16.7. The van der Waals surface area contributed by atoms with Crippen molar-refractivity contribution in [1.29, 1.82) is 0 Å². The van der Waals surface area contributed by atoms with E-state index in [9.17, 15) is 0 Å². The second kappa shape index (κ2) is 8.04. The number of nitrogens with zero attached hydrogens (tertiary/aromatic N) is 8. The van der Waals surface area contributed by atoms with E-state index in [2.05, 4.69) is 51.8 Å². The summed E-state index contributed by atoms with van der Waals surface area (Å²) in [5, 5.41) is 25.4. The summed E-state index contributed by atoms with van der Waals surface area (Å²) >= 11 is 3.21. The highest BCUT2D eigenvalue weighted by Gasteiger charge is 2.19. The van der Waals surface area contributed by atoms with E-state index in [4.69, 9.17) is 4.74 Å². The van der Waals surface area contributed by atoms with Gasteiger partial charge >= 0.3 is 0 Å². The lowest BCUT2D eigenvalue weighted by molar-refractivity contribution is 0.321. The SMILES string of the molecule is COc1ccc(-n2nnnc2SCCSc2nnnn2C(C)(C)C)cc1. The van der Waals surface area contributed by atoms with E-state index in [0.29, 0.717) is 0 Å². The van der Waals surface area contributed by atoms with Crippen LogP contribution in [0.1, 0.15) is 20.8 Å². The zero-order chi connectivity index (χ0) is 18.6. The Morgan fingerprint density at radius 3 is 2.19 bits per heavy atom. The number of benzene rings is 1. The van der Waals surface area contributed by atoms with E-state index < -0.39 is 0 Å². The van der Waals surface area contributed by atoms with Gasteiger partial charge in [0.15, 0.2) is 0 Å². The molecule has 9 nitrogen and oxygen atoms in total. The highest BCUT2D eigenvalue weighted by Crippen LogP contribution is 2.24. The van der Waals surface area contributed by atoms with Crippen molar-refractivity contribution >= 4 is 23.5 Å². The Labute approximate surface area is 159 Å². The lowest BCUT2D eigenvalue weighted by Gasteiger charge is -2.19. The number of methoxy groups -OCH3 is 1. The molecule has 0 aliphatic heterocycles. The van der Waals surface area contributed by atoms with E-state index in [0.717, 1.165) is 33.3 Å². The molecule has 2 aromatic heterocycles. The van der Waals surface area contributed by atoms with Gasteiger partial charge in [-0.25, -0.2) is 4.68 Å². The van der Waals surface area contributed by atoms with Crippen LogP contribution in [0, 0.1) is 0 Å². The minimum absolute atomic E-state index is 0.141. The standard InChI is InChI=1S/C15H20N8OS2/c1-15(2,3)23-14(17-19-21-23)26-10-9-25-13-16-18-20-22(13)11-5-7-12(24-4)8-6-11/h5-8H,9-10H2,1-4H3. The average molecular weight is 393 g/mol. The summed E-state index contributed by atoms with van der Waals surface area (Å²) in [4.78, 5) is 0. The summed E-state index contributed by atoms with van der Waals surface area (Å²) in [6.45, 7) is 6.22. The average Bonchev–Trinajstić information content (AvgIpc) is 3.27. The van der Waals surface area contributed by atoms with Crippen molar-refractivity contribution in [1.82, 2.24) is 40.4 Å². The van der Waals surface area contributed by atoms with Crippen LogP contribution in [-0.4, -0.2) is 59.0 Å². The maximum absolute atomic E-state index is 5.18. The first kappa shape index (κ1) is 18.6. The molecule has 0 amide bonds. The number of tetrazole rings is 2. The molecule has 138 valence electrons. The van der Waals surface area contributed by atoms with Gasteiger partial charge in [0, 0.05) is 11.5 Å². The van der Waals surface area contributed by atoms with E-state index in [1.54, 1.807) is 35.3 Å². The Kier molecular flexibility index (Phi) is 5.77. The third kappa shape index (κ3) is 4.33. The quantitative estimate of drug-likeness (QED) is 0.443. The van der Waals surface area contributed by atoms with Crippen LogP contribution in [0.2, 0.25) is 0 Å². The highest BCUT2D eigenvalue weighted by molar-refractivity contribution is 8.02. The summed E-state index contributed by atoms with van der Waals surface area (Å²) in [5.41, 5.74) is 0.750. The molecule has 0 N–H and O–H groups in total. The first-order valence-corrected chi connectivity index (χ1v) is 9.93. The second-order valence-corrected chi connectivity index (χ2v) is 8.44. The maximum atomic E-state index is 5.18. The third-order valence-corrected chi connectivity index (χ3v) is 5.48. The van der Waals surface area contributed by atoms with Crippen molar-refractivity contribution in [3.05, 3.63) is 24.3 Å². The van der Waals surface area contributed by atoms with Gasteiger partial charge in [0.25, 0.3) is 0 Å². The number of rotatable bonds is 7. The van der Waals surface area contributed by atoms with Crippen LogP contribution in [0.15, 0.2) is 34.6 Å². The lowest BCUT2D eigenvalue weighted by Crippen LogP contribution is -2.24. The largest absolute Gasteiger partial charge is 0.497 e. The molecule has 3 aromatic rings. The van der Waals surface area contributed by atoms with Gasteiger partial charge in [-0.3, -0.25) is 0 Å². The molecular weight excluding hydrogens is 372 g/mol. The molecule has 0 radical (unpaired) electrons. The molecule has 0 atom stereocenters. The predicted octanol–water partition coefficient (Wildman–Crippen LogP) is 2.30. The Morgan fingerprint density at radius 2 is 1.54 bits per heavy atom. The molecule has 0 saturated carbocycles. The molecule has 2 heterocycles. The second-order valence-electron chi connectivity index (χ2n) is 6.31. The minimum atomic E-state index is -0.141. The Bertz CT molecular complexity index is 840.